The van der Waals surface area contributed by atoms with Crippen molar-refractivity contribution in [1.82, 2.24) is 4.90 Å². The van der Waals surface area contributed by atoms with E-state index in [0.29, 0.717) is 25.1 Å². The third-order valence-corrected chi connectivity index (χ3v) is 3.61. The summed E-state index contributed by atoms with van der Waals surface area (Å²) in [5, 5.41) is 9.10. The Morgan fingerprint density at radius 3 is 2.80 bits per heavy atom. The van der Waals surface area contributed by atoms with E-state index in [1.165, 1.54) is 29.0 Å². The number of amides is 2. The van der Waals surface area contributed by atoms with Crippen molar-refractivity contribution in [3.8, 4) is 0 Å². The minimum atomic E-state index is -1.04. The van der Waals surface area contributed by atoms with E-state index in [4.69, 9.17) is 5.11 Å². The standard InChI is InChI=1S/C14H17FN2O3/c1-3-11(13(18)19)16(2)14(20)17-7-6-9-4-5-10(15)8-12(9)17/h4-5,8,11H,3,6-7H2,1-2H3,(H,18,19). The van der Waals surface area contributed by atoms with Gasteiger partial charge in [-0.25, -0.2) is 14.0 Å². The number of urea groups is 1. The molecule has 0 saturated heterocycles. The third-order valence-electron chi connectivity index (χ3n) is 3.61. The van der Waals surface area contributed by atoms with Crippen LogP contribution in [0, 0.1) is 5.82 Å². The summed E-state index contributed by atoms with van der Waals surface area (Å²) in [4.78, 5) is 26.1. The molecule has 6 heteroatoms. The first-order valence-corrected chi connectivity index (χ1v) is 6.51. The van der Waals surface area contributed by atoms with Crippen LogP contribution in [0.15, 0.2) is 18.2 Å². The number of halogens is 1. The second-order valence-electron chi connectivity index (χ2n) is 4.83. The van der Waals surface area contributed by atoms with Crippen molar-refractivity contribution in [2.75, 3.05) is 18.5 Å². The first-order chi connectivity index (χ1) is 9.45. The number of likely N-dealkylation sites (N-methyl/N-ethyl adjacent to an activating group) is 1. The second kappa shape index (κ2) is 5.48. The van der Waals surface area contributed by atoms with E-state index in [0.717, 1.165) is 5.56 Å². The number of carbonyl (C=O) groups excluding carboxylic acids is 1. The van der Waals surface area contributed by atoms with Crippen molar-refractivity contribution in [2.24, 2.45) is 0 Å². The highest BCUT2D eigenvalue weighted by Crippen LogP contribution is 2.29. The van der Waals surface area contributed by atoms with Gasteiger partial charge in [0.05, 0.1) is 5.69 Å². The van der Waals surface area contributed by atoms with Crippen molar-refractivity contribution >= 4 is 17.7 Å². The largest absolute Gasteiger partial charge is 0.480 e. The van der Waals surface area contributed by atoms with Crippen LogP contribution in [0.3, 0.4) is 0 Å². The highest BCUT2D eigenvalue weighted by atomic mass is 19.1. The lowest BCUT2D eigenvalue weighted by Gasteiger charge is -2.29. The van der Waals surface area contributed by atoms with Gasteiger partial charge in [-0.1, -0.05) is 13.0 Å². The molecule has 0 spiro atoms. The SMILES string of the molecule is CCC(C(=O)O)N(C)C(=O)N1CCc2ccc(F)cc21. The Hall–Kier alpha value is -2.11. The zero-order valence-corrected chi connectivity index (χ0v) is 11.5. The van der Waals surface area contributed by atoms with E-state index in [-0.39, 0.29) is 0 Å². The first kappa shape index (κ1) is 14.3. The molecule has 1 aromatic carbocycles. The minimum absolute atomic E-state index is 0.321. The molecule has 0 aliphatic carbocycles. The number of hydrogen-bond acceptors (Lipinski definition) is 2. The molecule has 1 unspecified atom stereocenters. The summed E-state index contributed by atoms with van der Waals surface area (Å²) in [6, 6.07) is 3.05. The van der Waals surface area contributed by atoms with Gasteiger partial charge in [0.2, 0.25) is 0 Å². The Labute approximate surface area is 116 Å². The quantitative estimate of drug-likeness (QED) is 0.922. The van der Waals surface area contributed by atoms with Crippen LogP contribution in [-0.2, 0) is 11.2 Å². The van der Waals surface area contributed by atoms with Gasteiger partial charge in [-0.05, 0) is 30.5 Å². The number of rotatable bonds is 3. The Balaban J connectivity index is 2.24. The minimum Gasteiger partial charge on any atom is -0.480 e. The predicted molar refractivity (Wildman–Crippen MR) is 72.3 cm³/mol. The smallest absolute Gasteiger partial charge is 0.326 e. The predicted octanol–water partition coefficient (Wildman–Crippen LogP) is 2.10. The zero-order chi connectivity index (χ0) is 14.9. The van der Waals surface area contributed by atoms with Crippen molar-refractivity contribution in [2.45, 2.75) is 25.8 Å². The molecule has 0 fully saturated rings. The molecule has 1 atom stereocenters. The van der Waals surface area contributed by atoms with Gasteiger partial charge in [0.25, 0.3) is 0 Å². The van der Waals surface area contributed by atoms with E-state index in [2.05, 4.69) is 0 Å². The molecule has 1 N–H and O–H groups in total. The number of aliphatic carboxylic acids is 1. The van der Waals surface area contributed by atoms with Gasteiger partial charge < -0.3 is 10.0 Å². The Morgan fingerprint density at radius 1 is 1.50 bits per heavy atom. The Morgan fingerprint density at radius 2 is 2.20 bits per heavy atom. The van der Waals surface area contributed by atoms with E-state index >= 15 is 0 Å². The first-order valence-electron chi connectivity index (χ1n) is 6.51. The summed E-state index contributed by atoms with van der Waals surface area (Å²) in [7, 11) is 1.46. The molecule has 0 aromatic heterocycles. The molecule has 1 aromatic rings. The summed E-state index contributed by atoms with van der Waals surface area (Å²) in [5.74, 6) is -1.45. The maximum absolute atomic E-state index is 13.3. The number of carboxylic acids is 1. The fraction of sp³-hybridized carbons (Fsp3) is 0.429. The molecular formula is C14H17FN2O3. The summed E-state index contributed by atoms with van der Waals surface area (Å²) in [6.07, 6.45) is 0.973. The number of fused-ring (bicyclic) bond motifs is 1. The normalized spacial score (nSPS) is 14.8. The van der Waals surface area contributed by atoms with E-state index in [9.17, 15) is 14.0 Å². The number of carbonyl (C=O) groups is 2. The van der Waals surface area contributed by atoms with Crippen molar-refractivity contribution in [3.05, 3.63) is 29.6 Å². The monoisotopic (exact) mass is 280 g/mol. The molecule has 2 amide bonds. The maximum Gasteiger partial charge on any atom is 0.326 e. The number of benzene rings is 1. The van der Waals surface area contributed by atoms with Crippen LogP contribution in [0.2, 0.25) is 0 Å². The van der Waals surface area contributed by atoms with E-state index < -0.39 is 23.9 Å². The summed E-state index contributed by atoms with van der Waals surface area (Å²) in [6.45, 7) is 2.15. The molecule has 2 rings (SSSR count). The summed E-state index contributed by atoms with van der Waals surface area (Å²) in [5.41, 5.74) is 1.43. The van der Waals surface area contributed by atoms with Crippen LogP contribution in [0.25, 0.3) is 0 Å². The van der Waals surface area contributed by atoms with Crippen molar-refractivity contribution < 1.29 is 19.1 Å². The number of nitrogens with zero attached hydrogens (tertiary/aromatic N) is 2. The van der Waals surface area contributed by atoms with Crippen LogP contribution >= 0.6 is 0 Å². The molecule has 1 aliphatic heterocycles. The molecular weight excluding hydrogens is 263 g/mol. The lowest BCUT2D eigenvalue weighted by molar-refractivity contribution is -0.141. The van der Waals surface area contributed by atoms with Gasteiger partial charge in [-0.3, -0.25) is 4.90 Å². The van der Waals surface area contributed by atoms with Crippen LogP contribution in [0.1, 0.15) is 18.9 Å². The fourth-order valence-electron chi connectivity index (χ4n) is 2.49. The Bertz CT molecular complexity index is 547. The molecule has 1 heterocycles. The van der Waals surface area contributed by atoms with Gasteiger partial charge >= 0.3 is 12.0 Å². The van der Waals surface area contributed by atoms with E-state index in [1.807, 2.05) is 0 Å². The molecule has 20 heavy (non-hydrogen) atoms. The average Bonchev–Trinajstić information content (AvgIpc) is 2.80. The van der Waals surface area contributed by atoms with Crippen LogP contribution < -0.4 is 4.90 Å². The molecule has 0 radical (unpaired) electrons. The average molecular weight is 280 g/mol. The maximum atomic E-state index is 13.3. The number of carboxylic acid groups (broad SMARTS) is 1. The van der Waals surface area contributed by atoms with Gasteiger partial charge in [-0.15, -0.1) is 0 Å². The lowest BCUT2D eigenvalue weighted by Crippen LogP contribution is -2.48. The third kappa shape index (κ3) is 2.45. The topological polar surface area (TPSA) is 60.9 Å². The fourth-order valence-corrected chi connectivity index (χ4v) is 2.49. The van der Waals surface area contributed by atoms with Gasteiger partial charge in [0, 0.05) is 13.6 Å². The molecule has 0 bridgehead atoms. The van der Waals surface area contributed by atoms with Crippen LogP contribution in [0.4, 0.5) is 14.9 Å². The zero-order valence-electron chi connectivity index (χ0n) is 11.5. The molecule has 5 nitrogen and oxygen atoms in total. The molecule has 108 valence electrons. The van der Waals surface area contributed by atoms with Crippen LogP contribution in [0.5, 0.6) is 0 Å². The van der Waals surface area contributed by atoms with Crippen molar-refractivity contribution in [1.29, 1.82) is 0 Å². The molecule has 1 aliphatic rings. The van der Waals surface area contributed by atoms with E-state index in [1.54, 1.807) is 13.0 Å². The van der Waals surface area contributed by atoms with Crippen LogP contribution in [-0.4, -0.2) is 41.6 Å². The summed E-state index contributed by atoms with van der Waals surface area (Å²) < 4.78 is 13.3. The van der Waals surface area contributed by atoms with Gasteiger partial charge in [-0.2, -0.15) is 0 Å². The second-order valence-corrected chi connectivity index (χ2v) is 4.83. The number of hydrogen-bond donors (Lipinski definition) is 1. The van der Waals surface area contributed by atoms with Gasteiger partial charge in [0.15, 0.2) is 0 Å². The van der Waals surface area contributed by atoms with Gasteiger partial charge in [0.1, 0.15) is 11.9 Å². The highest BCUT2D eigenvalue weighted by Gasteiger charge is 2.32. The highest BCUT2D eigenvalue weighted by molar-refractivity contribution is 5.96. The molecule has 0 saturated carbocycles. The summed E-state index contributed by atoms with van der Waals surface area (Å²) >= 11 is 0. The number of anilines is 1. The lowest BCUT2D eigenvalue weighted by atomic mass is 10.2. The Kier molecular flexibility index (Phi) is 3.92. The van der Waals surface area contributed by atoms with Crippen molar-refractivity contribution in [3.63, 3.8) is 0 Å².